The van der Waals surface area contributed by atoms with Crippen LogP contribution in [0.3, 0.4) is 0 Å². The van der Waals surface area contributed by atoms with E-state index in [-0.39, 0.29) is 18.8 Å². The number of tetrazole rings is 1. The van der Waals surface area contributed by atoms with E-state index < -0.39 is 24.2 Å². The fourth-order valence-corrected chi connectivity index (χ4v) is 3.89. The number of carboxylic acids is 1. The number of hydrogen-bond acceptors (Lipinski definition) is 6. The Labute approximate surface area is 187 Å². The number of aliphatic carboxylic acids is 1. The van der Waals surface area contributed by atoms with Gasteiger partial charge in [-0.3, -0.25) is 0 Å². The lowest BCUT2D eigenvalue weighted by Crippen LogP contribution is -2.53. The normalized spacial score (nSPS) is 18.4. The Morgan fingerprint density at radius 3 is 2.42 bits per heavy atom. The van der Waals surface area contributed by atoms with Gasteiger partial charge in [-0.25, -0.2) is 14.9 Å². The van der Waals surface area contributed by atoms with Crippen molar-refractivity contribution < 1.29 is 23.1 Å². The van der Waals surface area contributed by atoms with Gasteiger partial charge in [0, 0.05) is 18.5 Å². The zero-order chi connectivity index (χ0) is 23.6. The topological polar surface area (TPSA) is 107 Å². The zero-order valence-electron chi connectivity index (χ0n) is 17.7. The van der Waals surface area contributed by atoms with Crippen LogP contribution in [-0.4, -0.2) is 60.7 Å². The molecule has 1 aliphatic heterocycles. The molecule has 0 bridgehead atoms. The maximum atomic E-state index is 13.7. The highest BCUT2D eigenvalue weighted by molar-refractivity contribution is 5.92. The maximum absolute atomic E-state index is 13.7. The fourth-order valence-electron chi connectivity index (χ4n) is 3.89. The number of aromatic amines is 1. The molecule has 1 aromatic heterocycles. The number of alkyl halides is 3. The van der Waals surface area contributed by atoms with E-state index in [1.54, 1.807) is 0 Å². The molecular weight excluding hydrogens is 437 g/mol. The van der Waals surface area contributed by atoms with Gasteiger partial charge < -0.3 is 10.0 Å². The number of H-pyrrole nitrogens is 1. The molecule has 1 unspecified atom stereocenters. The number of amidine groups is 1. The second-order valence-corrected chi connectivity index (χ2v) is 7.79. The third-order valence-corrected chi connectivity index (χ3v) is 5.57. The first kappa shape index (κ1) is 22.4. The van der Waals surface area contributed by atoms with Gasteiger partial charge in [0.1, 0.15) is 5.84 Å². The van der Waals surface area contributed by atoms with Gasteiger partial charge >= 0.3 is 12.1 Å². The quantitative estimate of drug-likeness (QED) is 0.556. The third-order valence-electron chi connectivity index (χ3n) is 5.57. The Bertz CT molecular complexity index is 1160. The number of rotatable bonds is 7. The van der Waals surface area contributed by atoms with Crippen molar-refractivity contribution in [2.45, 2.75) is 38.0 Å². The molecule has 0 fully saturated rings. The first-order chi connectivity index (χ1) is 15.7. The number of aliphatic imine (C=N–C) groups is 1. The van der Waals surface area contributed by atoms with E-state index in [2.05, 4.69) is 25.6 Å². The Hall–Kier alpha value is -3.76. The number of nitrogens with zero attached hydrogens (tertiary/aromatic N) is 5. The van der Waals surface area contributed by atoms with Crippen molar-refractivity contribution in [2.24, 2.45) is 4.99 Å². The van der Waals surface area contributed by atoms with Gasteiger partial charge in [0.2, 0.25) is 0 Å². The summed E-state index contributed by atoms with van der Waals surface area (Å²) >= 11 is 0. The largest absolute Gasteiger partial charge is 0.479 e. The summed E-state index contributed by atoms with van der Waals surface area (Å²) in [7, 11) is 0. The minimum atomic E-state index is -4.99. The van der Waals surface area contributed by atoms with Crippen LogP contribution in [0.2, 0.25) is 0 Å². The van der Waals surface area contributed by atoms with Gasteiger partial charge in [0.15, 0.2) is 5.82 Å². The molecule has 0 amide bonds. The molecule has 0 saturated heterocycles. The van der Waals surface area contributed by atoms with Crippen LogP contribution in [0.5, 0.6) is 0 Å². The van der Waals surface area contributed by atoms with Gasteiger partial charge in [0.25, 0.3) is 5.54 Å². The highest BCUT2D eigenvalue weighted by atomic mass is 19.4. The second-order valence-electron chi connectivity index (χ2n) is 7.79. The third kappa shape index (κ3) is 4.18. The number of hydrogen-bond donors (Lipinski definition) is 2. The molecule has 0 aliphatic carbocycles. The van der Waals surface area contributed by atoms with Crippen LogP contribution in [0.25, 0.3) is 22.5 Å². The summed E-state index contributed by atoms with van der Waals surface area (Å²) in [5.74, 6) is -1.31. The number of benzene rings is 2. The van der Waals surface area contributed by atoms with Crippen molar-refractivity contribution in [3.8, 4) is 22.5 Å². The average Bonchev–Trinajstić information content (AvgIpc) is 3.44. The summed E-state index contributed by atoms with van der Waals surface area (Å²) < 4.78 is 41.0. The van der Waals surface area contributed by atoms with Crippen molar-refractivity contribution in [2.75, 3.05) is 6.54 Å². The van der Waals surface area contributed by atoms with Gasteiger partial charge in [-0.1, -0.05) is 55.5 Å². The number of nitrogens with one attached hydrogen (secondary N) is 1. The predicted octanol–water partition coefficient (Wildman–Crippen LogP) is 3.93. The molecule has 172 valence electrons. The Morgan fingerprint density at radius 2 is 1.85 bits per heavy atom. The van der Waals surface area contributed by atoms with E-state index in [4.69, 9.17) is 0 Å². The number of aromatic nitrogens is 4. The molecule has 0 spiro atoms. The van der Waals surface area contributed by atoms with Gasteiger partial charge in [-0.15, -0.1) is 5.10 Å². The minimum Gasteiger partial charge on any atom is -0.479 e. The molecule has 3 aromatic rings. The highest BCUT2D eigenvalue weighted by Crippen LogP contribution is 2.39. The van der Waals surface area contributed by atoms with Crippen LogP contribution in [0, 0.1) is 0 Å². The zero-order valence-corrected chi connectivity index (χ0v) is 17.7. The molecule has 1 atom stereocenters. The van der Waals surface area contributed by atoms with Crippen LogP contribution in [0.1, 0.15) is 25.3 Å². The number of carboxylic acid groups (broad SMARTS) is 1. The summed E-state index contributed by atoms with van der Waals surface area (Å²) in [6, 6.07) is 14.9. The first-order valence-corrected chi connectivity index (χ1v) is 10.3. The fraction of sp³-hybridized carbons (Fsp3) is 0.318. The van der Waals surface area contributed by atoms with E-state index in [0.717, 1.165) is 22.3 Å². The summed E-state index contributed by atoms with van der Waals surface area (Å²) in [5, 5.41) is 23.3. The summed E-state index contributed by atoms with van der Waals surface area (Å²) in [6.07, 6.45) is -4.17. The van der Waals surface area contributed by atoms with Crippen LogP contribution in [-0.2, 0) is 11.3 Å². The number of halogens is 3. The second kappa shape index (κ2) is 8.64. The summed E-state index contributed by atoms with van der Waals surface area (Å²) in [6.45, 7) is 1.19. The van der Waals surface area contributed by atoms with Crippen molar-refractivity contribution in [1.29, 1.82) is 0 Å². The van der Waals surface area contributed by atoms with Crippen molar-refractivity contribution in [1.82, 2.24) is 25.5 Å². The molecule has 1 aliphatic rings. The monoisotopic (exact) mass is 458 g/mol. The standard InChI is InChI=1S/C22H21F3N6O2/c1-2-5-18-26-21(20(32)33,22(23,24)25)13-31(18)12-14-8-10-15(11-9-14)16-6-3-4-7-17(16)19-27-29-30-28-19/h3-4,6-11H,2,5,12-13H2,1H3,(H,32,33)(H,27,28,29,30). The molecule has 2 heterocycles. The van der Waals surface area contributed by atoms with Gasteiger partial charge in [0.05, 0.1) is 6.54 Å². The molecule has 0 saturated carbocycles. The lowest BCUT2D eigenvalue weighted by Gasteiger charge is -2.26. The van der Waals surface area contributed by atoms with E-state index in [9.17, 15) is 23.1 Å². The number of carbonyl (C=O) groups is 1. The van der Waals surface area contributed by atoms with Gasteiger partial charge in [-0.2, -0.15) is 13.2 Å². The predicted molar refractivity (Wildman–Crippen MR) is 114 cm³/mol. The molecule has 33 heavy (non-hydrogen) atoms. The molecule has 2 aromatic carbocycles. The average molecular weight is 458 g/mol. The molecule has 4 rings (SSSR count). The minimum absolute atomic E-state index is 0.123. The highest BCUT2D eigenvalue weighted by Gasteiger charge is 2.64. The maximum Gasteiger partial charge on any atom is 0.426 e. The Balaban J connectivity index is 1.59. The van der Waals surface area contributed by atoms with Crippen molar-refractivity contribution >= 4 is 11.8 Å². The van der Waals surface area contributed by atoms with Crippen LogP contribution >= 0.6 is 0 Å². The van der Waals surface area contributed by atoms with E-state index in [1.807, 2.05) is 55.5 Å². The molecule has 0 radical (unpaired) electrons. The molecule has 8 nitrogen and oxygen atoms in total. The first-order valence-electron chi connectivity index (χ1n) is 10.3. The van der Waals surface area contributed by atoms with Gasteiger partial charge in [-0.05, 0) is 33.5 Å². The van der Waals surface area contributed by atoms with Crippen LogP contribution in [0.15, 0.2) is 53.5 Å². The van der Waals surface area contributed by atoms with E-state index >= 15 is 0 Å². The SMILES string of the molecule is CCCC1=NC(C(=O)O)(C(F)(F)F)CN1Cc1ccc(-c2ccccc2-c2nnn[nH]2)cc1. The molecule has 2 N–H and O–H groups in total. The van der Waals surface area contributed by atoms with E-state index in [1.165, 1.54) is 4.90 Å². The summed E-state index contributed by atoms with van der Waals surface area (Å²) in [4.78, 5) is 16.6. The molecular formula is C22H21F3N6O2. The van der Waals surface area contributed by atoms with Crippen LogP contribution in [0.4, 0.5) is 13.2 Å². The van der Waals surface area contributed by atoms with Crippen molar-refractivity contribution in [3.63, 3.8) is 0 Å². The van der Waals surface area contributed by atoms with Crippen LogP contribution < -0.4 is 0 Å². The Kier molecular flexibility index (Phi) is 5.88. The lowest BCUT2D eigenvalue weighted by atomic mass is 9.98. The van der Waals surface area contributed by atoms with E-state index in [0.29, 0.717) is 12.2 Å². The summed E-state index contributed by atoms with van der Waals surface area (Å²) in [5.41, 5.74) is 0.179. The lowest BCUT2D eigenvalue weighted by molar-refractivity contribution is -0.200. The molecule has 11 heteroatoms. The Morgan fingerprint density at radius 1 is 1.15 bits per heavy atom. The smallest absolute Gasteiger partial charge is 0.426 e. The van der Waals surface area contributed by atoms with Crippen molar-refractivity contribution in [3.05, 3.63) is 54.1 Å².